The van der Waals surface area contributed by atoms with Crippen molar-refractivity contribution in [3.05, 3.63) is 28.2 Å². The van der Waals surface area contributed by atoms with Crippen molar-refractivity contribution in [2.75, 3.05) is 25.0 Å². The molecule has 1 aromatic rings. The predicted octanol–water partition coefficient (Wildman–Crippen LogP) is 4.75. The quantitative estimate of drug-likeness (QED) is 0.771. The van der Waals surface area contributed by atoms with E-state index in [-0.39, 0.29) is 0 Å². The molecular formula is C17H27BrN2. The number of rotatable bonds is 7. The summed E-state index contributed by atoms with van der Waals surface area (Å²) in [6, 6.07) is 7.18. The fourth-order valence-electron chi connectivity index (χ4n) is 2.74. The molecule has 2 nitrogen and oxygen atoms in total. The van der Waals surface area contributed by atoms with Crippen molar-refractivity contribution in [3.8, 4) is 0 Å². The molecule has 3 heteroatoms. The third kappa shape index (κ3) is 3.98. The van der Waals surface area contributed by atoms with Crippen LogP contribution in [0.2, 0.25) is 0 Å². The lowest BCUT2D eigenvalue weighted by Crippen LogP contribution is -2.29. The van der Waals surface area contributed by atoms with E-state index in [1.807, 2.05) is 0 Å². The number of hydrogen-bond donors (Lipinski definition) is 1. The summed E-state index contributed by atoms with van der Waals surface area (Å²) >= 11 is 3.74. The molecule has 20 heavy (non-hydrogen) atoms. The molecule has 0 amide bonds. The van der Waals surface area contributed by atoms with Gasteiger partial charge in [-0.15, -0.1) is 0 Å². The van der Waals surface area contributed by atoms with Crippen LogP contribution >= 0.6 is 15.9 Å². The van der Waals surface area contributed by atoms with Crippen LogP contribution in [0.15, 0.2) is 22.7 Å². The molecule has 0 aliphatic heterocycles. The van der Waals surface area contributed by atoms with Gasteiger partial charge in [0.25, 0.3) is 0 Å². The van der Waals surface area contributed by atoms with E-state index in [1.165, 1.54) is 48.0 Å². The molecule has 1 saturated carbocycles. The molecule has 1 aliphatic carbocycles. The summed E-state index contributed by atoms with van der Waals surface area (Å²) in [7, 11) is 2.21. The van der Waals surface area contributed by atoms with Crippen molar-refractivity contribution in [2.45, 2.75) is 45.6 Å². The van der Waals surface area contributed by atoms with Gasteiger partial charge in [0.15, 0.2) is 0 Å². The maximum Gasteiger partial charge on any atom is 0.0508 e. The lowest BCUT2D eigenvalue weighted by Gasteiger charge is -2.32. The van der Waals surface area contributed by atoms with Gasteiger partial charge in [0.1, 0.15) is 0 Å². The molecule has 1 aliphatic rings. The third-order valence-electron chi connectivity index (χ3n) is 4.34. The Morgan fingerprint density at radius 3 is 2.70 bits per heavy atom. The van der Waals surface area contributed by atoms with Crippen LogP contribution in [0.3, 0.4) is 0 Å². The highest BCUT2D eigenvalue weighted by atomic mass is 79.9. The number of halogens is 1. The Morgan fingerprint density at radius 1 is 1.40 bits per heavy atom. The topological polar surface area (TPSA) is 15.3 Å². The van der Waals surface area contributed by atoms with Gasteiger partial charge in [0.05, 0.1) is 5.69 Å². The van der Waals surface area contributed by atoms with Gasteiger partial charge in [-0.3, -0.25) is 0 Å². The predicted molar refractivity (Wildman–Crippen MR) is 91.5 cm³/mol. The average molecular weight is 339 g/mol. The van der Waals surface area contributed by atoms with Gasteiger partial charge in [0, 0.05) is 24.1 Å². The zero-order chi connectivity index (χ0) is 14.5. The summed E-state index contributed by atoms with van der Waals surface area (Å²) in [4.78, 5) is 2.39. The molecule has 1 atom stereocenters. The Kier molecular flexibility index (Phi) is 5.91. The normalized spacial score (nSPS) is 16.8. The van der Waals surface area contributed by atoms with E-state index < -0.39 is 0 Å². The third-order valence-corrected chi connectivity index (χ3v) is 4.98. The zero-order valence-electron chi connectivity index (χ0n) is 13.0. The lowest BCUT2D eigenvalue weighted by atomic mass is 9.85. The molecule has 1 fully saturated rings. The minimum absolute atomic E-state index is 0.414. The fraction of sp³-hybridized carbons (Fsp3) is 0.647. The number of nitrogens with zero attached hydrogens (tertiary/aromatic N) is 1. The van der Waals surface area contributed by atoms with Crippen LogP contribution in [-0.2, 0) is 0 Å². The molecular weight excluding hydrogens is 312 g/mol. The maximum atomic E-state index is 3.74. The Balaban J connectivity index is 2.00. The Morgan fingerprint density at radius 2 is 2.15 bits per heavy atom. The van der Waals surface area contributed by atoms with E-state index in [9.17, 15) is 0 Å². The molecule has 1 N–H and O–H groups in total. The fourth-order valence-corrected chi connectivity index (χ4v) is 3.44. The average Bonchev–Trinajstić information content (AvgIpc) is 2.39. The minimum Gasteiger partial charge on any atom is -0.373 e. The molecule has 2 rings (SSSR count). The van der Waals surface area contributed by atoms with Crippen molar-refractivity contribution in [3.63, 3.8) is 0 Å². The van der Waals surface area contributed by atoms with Gasteiger partial charge in [-0.1, -0.05) is 19.4 Å². The molecule has 0 saturated heterocycles. The summed E-state index contributed by atoms with van der Waals surface area (Å²) < 4.78 is 1.21. The summed E-state index contributed by atoms with van der Waals surface area (Å²) in [5.74, 6) is 0.900. The zero-order valence-corrected chi connectivity index (χ0v) is 14.5. The largest absolute Gasteiger partial charge is 0.373 e. The SMILES string of the molecule is CCCNC(C)c1ccc(N(C)CC2CCC2)c(Br)c1. The van der Waals surface area contributed by atoms with Crippen LogP contribution in [0.25, 0.3) is 0 Å². The molecule has 112 valence electrons. The van der Waals surface area contributed by atoms with Crippen molar-refractivity contribution in [1.29, 1.82) is 0 Å². The Hall–Kier alpha value is -0.540. The molecule has 1 aromatic carbocycles. The van der Waals surface area contributed by atoms with E-state index >= 15 is 0 Å². The highest BCUT2D eigenvalue weighted by Gasteiger charge is 2.20. The van der Waals surface area contributed by atoms with Crippen LogP contribution in [0.1, 0.15) is 51.1 Å². The van der Waals surface area contributed by atoms with Crippen molar-refractivity contribution in [1.82, 2.24) is 5.32 Å². The summed E-state index contributed by atoms with van der Waals surface area (Å²) in [5.41, 5.74) is 2.66. The van der Waals surface area contributed by atoms with Crippen LogP contribution in [0.5, 0.6) is 0 Å². The second-order valence-corrected chi connectivity index (χ2v) is 6.92. The first-order valence-corrected chi connectivity index (χ1v) is 8.65. The van der Waals surface area contributed by atoms with E-state index in [2.05, 4.69) is 65.2 Å². The Labute approximate surface area is 132 Å². The first-order valence-electron chi connectivity index (χ1n) is 7.85. The molecule has 0 heterocycles. The molecule has 0 spiro atoms. The first kappa shape index (κ1) is 15.8. The number of nitrogens with one attached hydrogen (secondary N) is 1. The van der Waals surface area contributed by atoms with Crippen LogP contribution < -0.4 is 10.2 Å². The Bertz CT molecular complexity index is 429. The highest BCUT2D eigenvalue weighted by molar-refractivity contribution is 9.10. The van der Waals surface area contributed by atoms with Crippen molar-refractivity contribution in [2.24, 2.45) is 5.92 Å². The van der Waals surface area contributed by atoms with Crippen molar-refractivity contribution >= 4 is 21.6 Å². The second kappa shape index (κ2) is 7.46. The van der Waals surface area contributed by atoms with E-state index in [1.54, 1.807) is 0 Å². The summed E-state index contributed by atoms with van der Waals surface area (Å²) in [6.07, 6.45) is 5.39. The number of benzene rings is 1. The highest BCUT2D eigenvalue weighted by Crippen LogP contribution is 2.32. The van der Waals surface area contributed by atoms with Crippen LogP contribution in [0, 0.1) is 5.92 Å². The van der Waals surface area contributed by atoms with Crippen molar-refractivity contribution < 1.29 is 0 Å². The molecule has 0 radical (unpaired) electrons. The van der Waals surface area contributed by atoms with Gasteiger partial charge < -0.3 is 10.2 Å². The van der Waals surface area contributed by atoms with Crippen LogP contribution in [0.4, 0.5) is 5.69 Å². The minimum atomic E-state index is 0.414. The van der Waals surface area contributed by atoms with Gasteiger partial charge in [-0.25, -0.2) is 0 Å². The summed E-state index contributed by atoms with van der Waals surface area (Å²) in [5, 5.41) is 3.54. The van der Waals surface area contributed by atoms with Gasteiger partial charge in [-0.2, -0.15) is 0 Å². The maximum absolute atomic E-state index is 3.74. The first-order chi connectivity index (χ1) is 9.61. The second-order valence-electron chi connectivity index (χ2n) is 6.06. The lowest BCUT2D eigenvalue weighted by molar-refractivity contribution is 0.321. The van der Waals surface area contributed by atoms with E-state index in [0.717, 1.165) is 12.5 Å². The molecule has 0 bridgehead atoms. The number of hydrogen-bond acceptors (Lipinski definition) is 2. The monoisotopic (exact) mass is 338 g/mol. The van der Waals surface area contributed by atoms with E-state index in [4.69, 9.17) is 0 Å². The number of anilines is 1. The van der Waals surface area contributed by atoms with Gasteiger partial charge in [-0.05, 0) is 72.3 Å². The summed E-state index contributed by atoms with van der Waals surface area (Å²) in [6.45, 7) is 6.69. The van der Waals surface area contributed by atoms with Gasteiger partial charge in [0.2, 0.25) is 0 Å². The van der Waals surface area contributed by atoms with Crippen LogP contribution in [-0.4, -0.2) is 20.1 Å². The smallest absolute Gasteiger partial charge is 0.0508 e. The van der Waals surface area contributed by atoms with Gasteiger partial charge >= 0.3 is 0 Å². The molecule has 0 aromatic heterocycles. The standard InChI is InChI=1S/C17H27BrN2/c1-4-10-19-13(2)15-8-9-17(16(18)11-15)20(3)12-14-6-5-7-14/h8-9,11,13-14,19H,4-7,10,12H2,1-3H3. The van der Waals surface area contributed by atoms with E-state index in [0.29, 0.717) is 6.04 Å². The molecule has 1 unspecified atom stereocenters.